The van der Waals surface area contributed by atoms with E-state index in [4.69, 9.17) is 4.74 Å². The molecular formula is C15H25NOS. The van der Waals surface area contributed by atoms with Crippen LogP contribution in [-0.4, -0.2) is 25.4 Å². The van der Waals surface area contributed by atoms with Gasteiger partial charge >= 0.3 is 0 Å². The minimum Gasteiger partial charge on any atom is -0.494 e. The summed E-state index contributed by atoms with van der Waals surface area (Å²) in [7, 11) is 0. The van der Waals surface area contributed by atoms with Gasteiger partial charge in [0.2, 0.25) is 0 Å². The number of aryl methyl sites for hydroxylation is 1. The van der Waals surface area contributed by atoms with Gasteiger partial charge in [-0.1, -0.05) is 26.0 Å². The molecule has 0 aliphatic carbocycles. The predicted molar refractivity (Wildman–Crippen MR) is 82.1 cm³/mol. The normalized spacial score (nSPS) is 11.6. The molecule has 2 nitrogen and oxygen atoms in total. The van der Waals surface area contributed by atoms with Gasteiger partial charge in [-0.25, -0.2) is 0 Å². The molecule has 3 heteroatoms. The number of hydrogen-bond acceptors (Lipinski definition) is 3. The largest absolute Gasteiger partial charge is 0.494 e. The van der Waals surface area contributed by atoms with E-state index in [1.807, 2.05) is 6.92 Å². The SMILES string of the molecule is CCOc1ccc(C(C)(C)CNCCS)cc1C. The lowest BCUT2D eigenvalue weighted by Crippen LogP contribution is -2.34. The Kier molecular flexibility index (Phi) is 6.03. The molecule has 1 N–H and O–H groups in total. The van der Waals surface area contributed by atoms with E-state index in [9.17, 15) is 0 Å². The molecule has 0 heterocycles. The quantitative estimate of drug-likeness (QED) is 0.585. The highest BCUT2D eigenvalue weighted by Gasteiger charge is 2.20. The predicted octanol–water partition coefficient (Wildman–Crippen LogP) is 3.19. The Morgan fingerprint density at radius 3 is 2.61 bits per heavy atom. The van der Waals surface area contributed by atoms with Gasteiger partial charge in [0.25, 0.3) is 0 Å². The third-order valence-electron chi connectivity index (χ3n) is 3.11. The highest BCUT2D eigenvalue weighted by Crippen LogP contribution is 2.27. The van der Waals surface area contributed by atoms with Crippen LogP contribution in [0.25, 0.3) is 0 Å². The molecule has 1 rings (SSSR count). The fourth-order valence-corrected chi connectivity index (χ4v) is 2.13. The van der Waals surface area contributed by atoms with Crippen LogP contribution in [0.15, 0.2) is 18.2 Å². The van der Waals surface area contributed by atoms with Crippen LogP contribution >= 0.6 is 12.6 Å². The Morgan fingerprint density at radius 2 is 2.06 bits per heavy atom. The average Bonchev–Trinajstić information content (AvgIpc) is 2.32. The first-order valence-electron chi connectivity index (χ1n) is 6.56. The van der Waals surface area contributed by atoms with Gasteiger partial charge in [0.15, 0.2) is 0 Å². The Hall–Kier alpha value is -0.670. The maximum absolute atomic E-state index is 5.58. The molecule has 1 aromatic rings. The van der Waals surface area contributed by atoms with Gasteiger partial charge in [-0.2, -0.15) is 12.6 Å². The second-order valence-electron chi connectivity index (χ2n) is 5.20. The van der Waals surface area contributed by atoms with Crippen LogP contribution in [0.2, 0.25) is 0 Å². The van der Waals surface area contributed by atoms with Gasteiger partial charge in [-0.05, 0) is 31.0 Å². The van der Waals surface area contributed by atoms with Crippen LogP contribution in [-0.2, 0) is 5.41 Å². The Bertz CT molecular complexity index is 377. The van der Waals surface area contributed by atoms with Gasteiger partial charge in [0, 0.05) is 24.3 Å². The zero-order valence-electron chi connectivity index (χ0n) is 11.9. The maximum atomic E-state index is 5.58. The standard InChI is InChI=1S/C15H25NOS/c1-5-17-14-7-6-13(10-12(14)2)15(3,4)11-16-8-9-18/h6-7,10,16,18H,5,8-9,11H2,1-4H3. The Morgan fingerprint density at radius 1 is 1.33 bits per heavy atom. The number of hydrogen-bond donors (Lipinski definition) is 2. The third kappa shape index (κ3) is 4.21. The Labute approximate surface area is 117 Å². The molecule has 0 atom stereocenters. The smallest absolute Gasteiger partial charge is 0.122 e. The minimum atomic E-state index is 0.123. The summed E-state index contributed by atoms with van der Waals surface area (Å²) in [6.45, 7) is 11.3. The van der Waals surface area contributed by atoms with Crippen LogP contribution in [0.1, 0.15) is 31.9 Å². The van der Waals surface area contributed by atoms with Crippen molar-refractivity contribution < 1.29 is 4.74 Å². The van der Waals surface area contributed by atoms with Gasteiger partial charge in [-0.15, -0.1) is 0 Å². The van der Waals surface area contributed by atoms with Gasteiger partial charge in [0.1, 0.15) is 5.75 Å². The van der Waals surface area contributed by atoms with Crippen molar-refractivity contribution in [3.05, 3.63) is 29.3 Å². The average molecular weight is 267 g/mol. The van der Waals surface area contributed by atoms with E-state index in [2.05, 4.69) is 56.9 Å². The third-order valence-corrected chi connectivity index (χ3v) is 3.34. The molecule has 0 bridgehead atoms. The van der Waals surface area contributed by atoms with Crippen molar-refractivity contribution in [2.45, 2.75) is 33.1 Å². The van der Waals surface area contributed by atoms with E-state index < -0.39 is 0 Å². The first-order chi connectivity index (χ1) is 8.51. The van der Waals surface area contributed by atoms with Crippen molar-refractivity contribution in [2.75, 3.05) is 25.4 Å². The molecule has 1 aromatic carbocycles. The van der Waals surface area contributed by atoms with Crippen molar-refractivity contribution in [2.24, 2.45) is 0 Å². The van der Waals surface area contributed by atoms with Crippen molar-refractivity contribution in [1.29, 1.82) is 0 Å². The maximum Gasteiger partial charge on any atom is 0.122 e. The zero-order valence-corrected chi connectivity index (χ0v) is 12.8. The molecular weight excluding hydrogens is 242 g/mol. The summed E-state index contributed by atoms with van der Waals surface area (Å²) in [5.74, 6) is 1.86. The second kappa shape index (κ2) is 7.05. The van der Waals surface area contributed by atoms with Crippen LogP contribution in [0.3, 0.4) is 0 Å². The molecule has 102 valence electrons. The van der Waals surface area contributed by atoms with Gasteiger partial charge in [-0.3, -0.25) is 0 Å². The van der Waals surface area contributed by atoms with Crippen LogP contribution in [0.5, 0.6) is 5.75 Å². The summed E-state index contributed by atoms with van der Waals surface area (Å²) < 4.78 is 5.58. The summed E-state index contributed by atoms with van der Waals surface area (Å²) in [5, 5.41) is 3.43. The van der Waals surface area contributed by atoms with E-state index >= 15 is 0 Å². The van der Waals surface area contributed by atoms with Crippen LogP contribution in [0.4, 0.5) is 0 Å². The van der Waals surface area contributed by atoms with E-state index in [-0.39, 0.29) is 5.41 Å². The number of ether oxygens (including phenoxy) is 1. The molecule has 0 aliphatic heterocycles. The van der Waals surface area contributed by atoms with E-state index in [0.717, 1.165) is 24.6 Å². The molecule has 0 radical (unpaired) electrons. The lowest BCUT2D eigenvalue weighted by molar-refractivity contribution is 0.337. The lowest BCUT2D eigenvalue weighted by atomic mass is 9.84. The molecule has 0 spiro atoms. The summed E-state index contributed by atoms with van der Waals surface area (Å²) in [6.07, 6.45) is 0. The van der Waals surface area contributed by atoms with Crippen molar-refractivity contribution in [1.82, 2.24) is 5.32 Å². The van der Waals surface area contributed by atoms with Gasteiger partial charge in [0.05, 0.1) is 6.61 Å². The minimum absolute atomic E-state index is 0.123. The zero-order chi connectivity index (χ0) is 13.6. The Balaban J connectivity index is 2.79. The molecule has 0 amide bonds. The van der Waals surface area contributed by atoms with E-state index in [1.165, 1.54) is 11.1 Å². The fraction of sp³-hybridized carbons (Fsp3) is 0.600. The number of rotatable bonds is 7. The van der Waals surface area contributed by atoms with Crippen LogP contribution < -0.4 is 10.1 Å². The van der Waals surface area contributed by atoms with Crippen molar-refractivity contribution in [3.63, 3.8) is 0 Å². The molecule has 0 aliphatic rings. The molecule has 0 unspecified atom stereocenters. The summed E-state index contributed by atoms with van der Waals surface area (Å²) in [5.41, 5.74) is 2.67. The number of benzene rings is 1. The molecule has 0 saturated carbocycles. The van der Waals surface area contributed by atoms with E-state index in [1.54, 1.807) is 0 Å². The van der Waals surface area contributed by atoms with Gasteiger partial charge < -0.3 is 10.1 Å². The van der Waals surface area contributed by atoms with Crippen molar-refractivity contribution >= 4 is 12.6 Å². The fourth-order valence-electron chi connectivity index (χ4n) is 1.97. The monoisotopic (exact) mass is 267 g/mol. The molecule has 0 aromatic heterocycles. The molecule has 0 fully saturated rings. The summed E-state index contributed by atoms with van der Waals surface area (Å²) >= 11 is 4.21. The number of thiol groups is 1. The topological polar surface area (TPSA) is 21.3 Å². The number of nitrogens with one attached hydrogen (secondary N) is 1. The summed E-state index contributed by atoms with van der Waals surface area (Å²) in [6, 6.07) is 6.47. The second-order valence-corrected chi connectivity index (χ2v) is 5.64. The van der Waals surface area contributed by atoms with Crippen molar-refractivity contribution in [3.8, 4) is 5.75 Å². The first kappa shape index (κ1) is 15.4. The molecule has 0 saturated heterocycles. The first-order valence-corrected chi connectivity index (χ1v) is 7.20. The van der Waals surface area contributed by atoms with E-state index in [0.29, 0.717) is 6.61 Å². The molecule has 18 heavy (non-hydrogen) atoms. The summed E-state index contributed by atoms with van der Waals surface area (Å²) in [4.78, 5) is 0. The van der Waals surface area contributed by atoms with Crippen LogP contribution in [0, 0.1) is 6.92 Å². The highest BCUT2D eigenvalue weighted by atomic mass is 32.1. The highest BCUT2D eigenvalue weighted by molar-refractivity contribution is 7.80. The lowest BCUT2D eigenvalue weighted by Gasteiger charge is -2.26.